The lowest BCUT2D eigenvalue weighted by molar-refractivity contribution is -0.144. The predicted molar refractivity (Wildman–Crippen MR) is 303 cm³/mol. The number of carbonyl (C=O) groups excluding carboxylic acids is 11. The van der Waals surface area contributed by atoms with Crippen molar-refractivity contribution in [1.29, 1.82) is 0 Å². The van der Waals surface area contributed by atoms with Crippen LogP contribution in [0.25, 0.3) is 10.4 Å². The summed E-state index contributed by atoms with van der Waals surface area (Å²) in [6.45, 7) is 0.468. The molecule has 0 aliphatic rings. The number of benzene rings is 2. The largest absolute Gasteiger partial charge is 0.481 e. The summed E-state index contributed by atoms with van der Waals surface area (Å²) in [6, 6.07) is 1.62. The minimum Gasteiger partial charge on any atom is -0.481 e. The van der Waals surface area contributed by atoms with E-state index >= 15 is 0 Å². The molecule has 0 spiro atoms. The number of carboxylic acids is 5. The van der Waals surface area contributed by atoms with Crippen molar-refractivity contribution in [2.75, 3.05) is 26.2 Å². The highest BCUT2D eigenvalue weighted by Crippen LogP contribution is 2.11. The summed E-state index contributed by atoms with van der Waals surface area (Å²) < 4.78 is 0. The Kier molecular flexibility index (Phi) is 32.6. The molecule has 0 saturated carbocycles. The van der Waals surface area contributed by atoms with Gasteiger partial charge in [0.1, 0.15) is 42.3 Å². The zero-order chi connectivity index (χ0) is 66.8. The van der Waals surface area contributed by atoms with Crippen molar-refractivity contribution in [2.24, 2.45) is 10.8 Å². The van der Waals surface area contributed by atoms with Crippen LogP contribution in [0.15, 0.2) is 65.8 Å². The lowest BCUT2D eigenvalue weighted by atomic mass is 10.0. The Morgan fingerprint density at radius 3 is 1.13 bits per heavy atom. The van der Waals surface area contributed by atoms with E-state index in [1.807, 2.05) is 26.6 Å². The van der Waals surface area contributed by atoms with E-state index in [-0.39, 0.29) is 32.2 Å². The van der Waals surface area contributed by atoms with Gasteiger partial charge in [-0.2, -0.15) is 0 Å². The zero-order valence-corrected chi connectivity index (χ0v) is 48.1. The van der Waals surface area contributed by atoms with Gasteiger partial charge in [-0.1, -0.05) is 86.0 Å². The molecule has 18 N–H and O–H groups in total. The fraction of sp³-hybridized carbons (Fsp3) is 0.472. The summed E-state index contributed by atoms with van der Waals surface area (Å²) in [5.74, 6) is -21.2. The molecule has 0 aliphatic carbocycles. The maximum atomic E-state index is 14.3. The smallest absolute Gasteiger partial charge is 0.305 e. The summed E-state index contributed by atoms with van der Waals surface area (Å²) in [5, 5.41) is 75.1. The molecule has 0 bridgehead atoms. The van der Waals surface area contributed by atoms with Crippen LogP contribution in [-0.4, -0.2) is 201 Å². The quantitative estimate of drug-likeness (QED) is 0.0128. The summed E-state index contributed by atoms with van der Waals surface area (Å²) >= 11 is 0. The van der Waals surface area contributed by atoms with Crippen LogP contribution in [0.2, 0.25) is 0 Å². The number of nitrogens with zero attached hydrogens (tertiary/aromatic N) is 3. The van der Waals surface area contributed by atoms with E-state index in [1.54, 1.807) is 74.5 Å². The van der Waals surface area contributed by atoms with Gasteiger partial charge in [0.2, 0.25) is 65.0 Å². The molecule has 0 heterocycles. The molecular formula is C53H71N15O21. The van der Waals surface area contributed by atoms with Crippen LogP contribution in [0.3, 0.4) is 0 Å². The van der Waals surface area contributed by atoms with Gasteiger partial charge in [-0.05, 0) is 29.5 Å². The monoisotopic (exact) mass is 1250 g/mol. The van der Waals surface area contributed by atoms with E-state index in [2.05, 4.69) is 41.9 Å². The summed E-state index contributed by atoms with van der Waals surface area (Å²) in [4.78, 5) is 207. The zero-order valence-electron chi connectivity index (χ0n) is 48.1. The lowest BCUT2D eigenvalue weighted by Crippen LogP contribution is -2.60. The number of rotatable bonds is 42. The third kappa shape index (κ3) is 30.7. The molecule has 2 aromatic carbocycles. The second-order valence-electron chi connectivity index (χ2n) is 19.9. The number of nitrogens with one attached hydrogen (secondary N) is 11. The van der Waals surface area contributed by atoms with Crippen LogP contribution in [0.5, 0.6) is 0 Å². The first-order valence-electron chi connectivity index (χ1n) is 27.1. The van der Waals surface area contributed by atoms with Crippen LogP contribution < -0.4 is 64.2 Å². The first-order chi connectivity index (χ1) is 42.0. The Bertz CT molecular complexity index is 2930. The number of unbranched alkanes of at least 4 members (excludes halogenated alkanes) is 1. The molecule has 11 amide bonds. The van der Waals surface area contributed by atoms with Gasteiger partial charge in [0.05, 0.1) is 57.8 Å². The van der Waals surface area contributed by atoms with Crippen molar-refractivity contribution in [3.05, 3.63) is 82.2 Å². The molecule has 484 valence electrons. The van der Waals surface area contributed by atoms with Gasteiger partial charge in [-0.3, -0.25) is 76.7 Å². The molecule has 8 atom stereocenters. The number of primary amides is 1. The van der Waals surface area contributed by atoms with Gasteiger partial charge >= 0.3 is 29.8 Å². The molecule has 0 aromatic heterocycles. The summed E-state index contributed by atoms with van der Waals surface area (Å²) in [6.07, 6.45) is -5.38. The van der Waals surface area contributed by atoms with Gasteiger partial charge in [-0.15, -0.1) is 0 Å². The average molecular weight is 1250 g/mol. The first-order valence-corrected chi connectivity index (χ1v) is 27.1. The van der Waals surface area contributed by atoms with Crippen LogP contribution >= 0.6 is 0 Å². The van der Waals surface area contributed by atoms with Crippen molar-refractivity contribution in [3.8, 4) is 0 Å². The summed E-state index contributed by atoms with van der Waals surface area (Å²) in [5.41, 5.74) is 15.1. The first kappa shape index (κ1) is 74.3. The highest BCUT2D eigenvalue weighted by molar-refractivity contribution is 6.00. The van der Waals surface area contributed by atoms with Gasteiger partial charge in [0.25, 0.3) is 0 Å². The highest BCUT2D eigenvalue weighted by Gasteiger charge is 2.36. The number of carboxylic acid groups (broad SMARTS) is 5. The number of hydrogen-bond donors (Lipinski definition) is 17. The van der Waals surface area contributed by atoms with Gasteiger partial charge < -0.3 is 89.8 Å². The SMILES string of the molecule is CC(C)N[C@@H](CC(=O)O)C(=O)N[C@@H](CC(=O)O)C(=O)NCC(=O)NCC(=O)NCC(=O)N[C@@H](CC(=O)O)C(=O)N[C@@H](CC(=O)O)C(=O)N[C@@H](CC(=O)O)C(=O)N[C@@H](Cc1ccccc1)C(=O)N[C@@H](Cc1ccccc1)C(=O)N[C@@H](CCCCN=[N+]=[N-])C(N)=O. The second-order valence-corrected chi connectivity index (χ2v) is 19.9. The molecule has 2 rings (SSSR count). The summed E-state index contributed by atoms with van der Waals surface area (Å²) in [7, 11) is 0. The van der Waals surface area contributed by atoms with Crippen molar-refractivity contribution in [3.63, 3.8) is 0 Å². The van der Waals surface area contributed by atoms with Crippen molar-refractivity contribution in [2.45, 2.75) is 132 Å². The van der Waals surface area contributed by atoms with E-state index in [1.165, 1.54) is 0 Å². The Balaban J connectivity index is 2.25. The van der Waals surface area contributed by atoms with Crippen molar-refractivity contribution < 1.29 is 102 Å². The van der Waals surface area contributed by atoms with Gasteiger partial charge in [0, 0.05) is 30.3 Å². The topological polar surface area (TPSA) is 581 Å². The van der Waals surface area contributed by atoms with Gasteiger partial charge in [-0.25, -0.2) is 0 Å². The normalized spacial score (nSPS) is 13.3. The maximum absolute atomic E-state index is 14.3. The van der Waals surface area contributed by atoms with E-state index < -0.39 is 201 Å². The molecule has 0 aliphatic heterocycles. The average Bonchev–Trinajstić information content (AvgIpc) is 2.93. The third-order valence-electron chi connectivity index (χ3n) is 12.2. The standard InChI is InChI=1S/C53H71N15O21/c1-27(2)60-34(20-42(74)75)50(86)65-33(19-41(72)73)47(83)58-25-39(70)56-24-38(69)57-26-40(71)61-35(21-43(76)77)51(87)66-37(23-45(80)81)53(89)67-36(22-44(78)79)52(88)64-32(18-29-13-7-4-8-14-29)49(85)63-31(17-28-11-5-3-6-12-28)48(84)62-30(46(54)82)15-9-10-16-59-68-55/h3-8,11-14,27,30-37,60H,9-10,15-26H2,1-2H3,(H2,54,82)(H,56,70)(H,57,69)(H,58,83)(H,61,71)(H,62,84)(H,63,85)(H,64,88)(H,65,86)(H,66,87)(H,67,89)(H,72,73)(H,74,75)(H,76,77)(H,78,79)(H,80,81)/t30-,31-,32-,33-,34-,35-,36-,37-/m0/s1. The van der Waals surface area contributed by atoms with Crippen LogP contribution in [0.4, 0.5) is 0 Å². The molecule has 2 aromatic rings. The van der Waals surface area contributed by atoms with Crippen LogP contribution in [-0.2, 0) is 89.6 Å². The molecule has 0 fully saturated rings. The number of hydrogen-bond acceptors (Lipinski definition) is 18. The molecule has 0 saturated heterocycles. The fourth-order valence-electron chi connectivity index (χ4n) is 7.97. The Morgan fingerprint density at radius 2 is 0.753 bits per heavy atom. The number of aliphatic carboxylic acids is 5. The Labute approximate surface area is 506 Å². The Hall–Kier alpha value is -10.8. The molecule has 36 nitrogen and oxygen atoms in total. The maximum Gasteiger partial charge on any atom is 0.305 e. The molecule has 0 unspecified atom stereocenters. The predicted octanol–water partition coefficient (Wildman–Crippen LogP) is -5.08. The molecular weight excluding hydrogens is 1180 g/mol. The van der Waals surface area contributed by atoms with E-state index in [0.717, 1.165) is 0 Å². The molecule has 36 heteroatoms. The van der Waals surface area contributed by atoms with E-state index in [0.29, 0.717) is 17.5 Å². The van der Waals surface area contributed by atoms with Gasteiger partial charge in [0.15, 0.2) is 0 Å². The van der Waals surface area contributed by atoms with Crippen molar-refractivity contribution in [1.82, 2.24) is 58.5 Å². The number of carbonyl (C=O) groups is 16. The molecule has 89 heavy (non-hydrogen) atoms. The number of amides is 11. The fourth-order valence-corrected chi connectivity index (χ4v) is 7.97. The minimum absolute atomic E-state index is 0.0199. The van der Waals surface area contributed by atoms with Crippen molar-refractivity contribution >= 4 is 94.8 Å². The number of azide groups is 1. The van der Waals surface area contributed by atoms with Crippen LogP contribution in [0.1, 0.15) is 76.3 Å². The third-order valence-corrected chi connectivity index (χ3v) is 12.2. The lowest BCUT2D eigenvalue weighted by Gasteiger charge is -2.27. The van der Waals surface area contributed by atoms with E-state index in [4.69, 9.17) is 16.4 Å². The molecule has 0 radical (unpaired) electrons. The second kappa shape index (κ2) is 39.0. The highest BCUT2D eigenvalue weighted by atomic mass is 16.4. The van der Waals surface area contributed by atoms with Crippen LogP contribution in [0, 0.1) is 0 Å². The minimum atomic E-state index is -2.24. The number of nitrogens with two attached hydrogens (primary N) is 1. The Morgan fingerprint density at radius 1 is 0.427 bits per heavy atom. The van der Waals surface area contributed by atoms with E-state index in [9.17, 15) is 97.1 Å².